The van der Waals surface area contributed by atoms with E-state index in [2.05, 4.69) is 18.3 Å². The van der Waals surface area contributed by atoms with E-state index in [0.29, 0.717) is 6.04 Å². The summed E-state index contributed by atoms with van der Waals surface area (Å²) in [6.07, 6.45) is 5.98. The maximum absolute atomic E-state index is 8.84. The van der Waals surface area contributed by atoms with Gasteiger partial charge in [0.05, 0.1) is 0 Å². The molecule has 0 aliphatic heterocycles. The predicted octanol–water partition coefficient (Wildman–Crippen LogP) is 2.17. The van der Waals surface area contributed by atoms with Crippen LogP contribution < -0.4 is 5.32 Å². The summed E-state index contributed by atoms with van der Waals surface area (Å²) in [7, 11) is 1.92. The lowest BCUT2D eigenvalue weighted by Crippen LogP contribution is -2.17. The van der Waals surface area contributed by atoms with Gasteiger partial charge in [-0.25, -0.2) is 0 Å². The molecule has 3 heteroatoms. The van der Waals surface area contributed by atoms with Gasteiger partial charge in [-0.05, 0) is 30.4 Å². The van der Waals surface area contributed by atoms with Crippen LogP contribution in [0.2, 0.25) is 0 Å². The van der Waals surface area contributed by atoms with E-state index in [1.807, 2.05) is 23.9 Å². The van der Waals surface area contributed by atoms with Gasteiger partial charge in [-0.2, -0.15) is 5.26 Å². The van der Waals surface area contributed by atoms with Gasteiger partial charge in [0, 0.05) is 25.8 Å². The fourth-order valence-corrected chi connectivity index (χ4v) is 2.28. The third kappa shape index (κ3) is 2.45. The van der Waals surface area contributed by atoms with Crippen molar-refractivity contribution in [2.24, 2.45) is 13.0 Å². The standard InChI is InChI=1S/C13H19N3/c1-3-4-11-6-13(11)15-8-10-5-12(7-14)16(2)9-10/h5,9,11,13,15H,3-4,6,8H2,1-2H3. The quantitative estimate of drug-likeness (QED) is 0.821. The van der Waals surface area contributed by atoms with Crippen LogP contribution in [0.3, 0.4) is 0 Å². The number of nitrogens with zero attached hydrogens (tertiary/aromatic N) is 2. The topological polar surface area (TPSA) is 40.8 Å². The molecular weight excluding hydrogens is 198 g/mol. The van der Waals surface area contributed by atoms with E-state index in [9.17, 15) is 0 Å². The van der Waals surface area contributed by atoms with Gasteiger partial charge >= 0.3 is 0 Å². The fourth-order valence-electron chi connectivity index (χ4n) is 2.28. The summed E-state index contributed by atoms with van der Waals surface area (Å²) in [5, 5.41) is 12.4. The molecule has 0 radical (unpaired) electrons. The van der Waals surface area contributed by atoms with Gasteiger partial charge < -0.3 is 9.88 Å². The molecule has 2 atom stereocenters. The van der Waals surface area contributed by atoms with Crippen molar-refractivity contribution in [3.63, 3.8) is 0 Å². The van der Waals surface area contributed by atoms with E-state index in [0.717, 1.165) is 18.2 Å². The maximum Gasteiger partial charge on any atom is 0.120 e. The number of nitriles is 1. The minimum atomic E-state index is 0.714. The first-order chi connectivity index (χ1) is 7.74. The van der Waals surface area contributed by atoms with E-state index in [4.69, 9.17) is 5.26 Å². The Morgan fingerprint density at radius 1 is 1.62 bits per heavy atom. The Bertz CT molecular complexity index is 400. The molecule has 2 unspecified atom stereocenters. The Labute approximate surface area is 97.1 Å². The van der Waals surface area contributed by atoms with Crippen molar-refractivity contribution in [1.82, 2.24) is 9.88 Å². The van der Waals surface area contributed by atoms with Crippen LogP contribution in [0.4, 0.5) is 0 Å². The molecular formula is C13H19N3. The molecule has 0 aromatic carbocycles. The summed E-state index contributed by atoms with van der Waals surface area (Å²) < 4.78 is 1.88. The van der Waals surface area contributed by atoms with Gasteiger partial charge in [0.2, 0.25) is 0 Å². The summed E-state index contributed by atoms with van der Waals surface area (Å²) in [4.78, 5) is 0. The highest BCUT2D eigenvalue weighted by atomic mass is 15.0. The average Bonchev–Trinajstić information content (AvgIpc) is 2.91. The Kier molecular flexibility index (Phi) is 3.31. The van der Waals surface area contributed by atoms with Gasteiger partial charge in [-0.15, -0.1) is 0 Å². The minimum Gasteiger partial charge on any atom is -0.342 e. The molecule has 0 amide bonds. The first-order valence-corrected chi connectivity index (χ1v) is 6.03. The molecule has 16 heavy (non-hydrogen) atoms. The van der Waals surface area contributed by atoms with Crippen LogP contribution in [-0.2, 0) is 13.6 Å². The third-order valence-corrected chi connectivity index (χ3v) is 3.33. The van der Waals surface area contributed by atoms with Crippen molar-refractivity contribution < 1.29 is 0 Å². The minimum absolute atomic E-state index is 0.714. The van der Waals surface area contributed by atoms with Crippen molar-refractivity contribution in [2.75, 3.05) is 0 Å². The molecule has 1 aliphatic carbocycles. The molecule has 1 aliphatic rings. The van der Waals surface area contributed by atoms with Gasteiger partial charge in [0.25, 0.3) is 0 Å². The second kappa shape index (κ2) is 4.71. The molecule has 86 valence electrons. The summed E-state index contributed by atoms with van der Waals surface area (Å²) in [5.41, 5.74) is 1.94. The second-order valence-corrected chi connectivity index (χ2v) is 4.73. The summed E-state index contributed by atoms with van der Waals surface area (Å²) in [6.45, 7) is 3.13. The zero-order chi connectivity index (χ0) is 11.5. The van der Waals surface area contributed by atoms with Crippen LogP contribution in [0.25, 0.3) is 0 Å². The first kappa shape index (κ1) is 11.2. The molecule has 3 nitrogen and oxygen atoms in total. The number of aryl methyl sites for hydroxylation is 1. The van der Waals surface area contributed by atoms with Crippen molar-refractivity contribution in [1.29, 1.82) is 5.26 Å². The third-order valence-electron chi connectivity index (χ3n) is 3.33. The number of rotatable bonds is 5. The van der Waals surface area contributed by atoms with Crippen molar-refractivity contribution in [3.8, 4) is 6.07 Å². The van der Waals surface area contributed by atoms with Crippen LogP contribution in [0.15, 0.2) is 12.3 Å². The number of hydrogen-bond acceptors (Lipinski definition) is 2. The Balaban J connectivity index is 1.80. The summed E-state index contributed by atoms with van der Waals surface area (Å²) in [6, 6.07) is 4.86. The monoisotopic (exact) mass is 217 g/mol. The number of nitrogens with one attached hydrogen (secondary N) is 1. The lowest BCUT2D eigenvalue weighted by Gasteiger charge is -2.01. The normalized spacial score (nSPS) is 23.1. The molecule has 2 rings (SSSR count). The van der Waals surface area contributed by atoms with E-state index >= 15 is 0 Å². The maximum atomic E-state index is 8.84. The number of hydrogen-bond donors (Lipinski definition) is 1. The van der Waals surface area contributed by atoms with Gasteiger partial charge in [-0.1, -0.05) is 13.3 Å². The molecule has 1 fully saturated rings. The van der Waals surface area contributed by atoms with E-state index < -0.39 is 0 Å². The molecule has 1 aromatic heterocycles. The molecule has 0 saturated heterocycles. The first-order valence-electron chi connectivity index (χ1n) is 6.03. The van der Waals surface area contributed by atoms with Crippen LogP contribution in [-0.4, -0.2) is 10.6 Å². The fraction of sp³-hybridized carbons (Fsp3) is 0.615. The molecule has 1 aromatic rings. The Hall–Kier alpha value is -1.27. The Morgan fingerprint density at radius 3 is 3.06 bits per heavy atom. The van der Waals surface area contributed by atoms with Crippen LogP contribution >= 0.6 is 0 Å². The molecule has 1 N–H and O–H groups in total. The van der Waals surface area contributed by atoms with E-state index in [-0.39, 0.29) is 0 Å². The highest BCUT2D eigenvalue weighted by Crippen LogP contribution is 2.34. The molecule has 0 spiro atoms. The van der Waals surface area contributed by atoms with Crippen molar-refractivity contribution in [2.45, 2.75) is 38.8 Å². The van der Waals surface area contributed by atoms with Crippen LogP contribution in [0.5, 0.6) is 0 Å². The molecule has 0 bridgehead atoms. The lowest BCUT2D eigenvalue weighted by molar-refractivity contribution is 0.599. The zero-order valence-electron chi connectivity index (χ0n) is 10.0. The Morgan fingerprint density at radius 2 is 2.44 bits per heavy atom. The van der Waals surface area contributed by atoms with Crippen LogP contribution in [0, 0.1) is 17.2 Å². The highest BCUT2D eigenvalue weighted by Gasteiger charge is 2.35. The zero-order valence-corrected chi connectivity index (χ0v) is 10.0. The van der Waals surface area contributed by atoms with Gasteiger partial charge in [0.1, 0.15) is 11.8 Å². The SMILES string of the molecule is CCCC1CC1NCc1cc(C#N)n(C)c1. The lowest BCUT2D eigenvalue weighted by atomic mass is 10.2. The van der Waals surface area contributed by atoms with Gasteiger partial charge in [-0.3, -0.25) is 0 Å². The smallest absolute Gasteiger partial charge is 0.120 e. The van der Waals surface area contributed by atoms with Crippen molar-refractivity contribution >= 4 is 0 Å². The van der Waals surface area contributed by atoms with Crippen molar-refractivity contribution in [3.05, 3.63) is 23.5 Å². The summed E-state index contributed by atoms with van der Waals surface area (Å²) >= 11 is 0. The highest BCUT2D eigenvalue weighted by molar-refractivity contribution is 5.28. The second-order valence-electron chi connectivity index (χ2n) is 4.73. The van der Waals surface area contributed by atoms with E-state index in [1.54, 1.807) is 0 Å². The predicted molar refractivity (Wildman–Crippen MR) is 63.8 cm³/mol. The largest absolute Gasteiger partial charge is 0.342 e. The average molecular weight is 217 g/mol. The summed E-state index contributed by atoms with van der Waals surface area (Å²) in [5.74, 6) is 0.893. The van der Waals surface area contributed by atoms with Gasteiger partial charge in [0.15, 0.2) is 0 Å². The molecule has 1 saturated carbocycles. The van der Waals surface area contributed by atoms with E-state index in [1.165, 1.54) is 24.8 Å². The van der Waals surface area contributed by atoms with Crippen LogP contribution in [0.1, 0.15) is 37.4 Å². The molecule has 1 heterocycles. The number of aromatic nitrogens is 1.